The van der Waals surface area contributed by atoms with Gasteiger partial charge in [-0.1, -0.05) is 18.2 Å². The van der Waals surface area contributed by atoms with Gasteiger partial charge in [-0.25, -0.2) is 0 Å². The van der Waals surface area contributed by atoms with Crippen LogP contribution in [0, 0.1) is 5.92 Å². The van der Waals surface area contributed by atoms with Gasteiger partial charge in [-0.15, -0.1) is 11.3 Å². The zero-order valence-electron chi connectivity index (χ0n) is 15.9. The Labute approximate surface area is 166 Å². The summed E-state index contributed by atoms with van der Waals surface area (Å²) in [4.78, 5) is 40.2. The molecule has 146 valence electrons. The summed E-state index contributed by atoms with van der Waals surface area (Å²) in [6, 6.07) is 9.41. The molecule has 1 atom stereocenters. The number of likely N-dealkylation sites (tertiary alicyclic amines) is 1. The van der Waals surface area contributed by atoms with Gasteiger partial charge in [-0.3, -0.25) is 14.4 Å². The van der Waals surface area contributed by atoms with Crippen LogP contribution in [0.25, 0.3) is 21.0 Å². The van der Waals surface area contributed by atoms with Crippen molar-refractivity contribution in [1.82, 2.24) is 9.47 Å². The van der Waals surface area contributed by atoms with Crippen LogP contribution in [0.5, 0.6) is 0 Å². The molecule has 0 saturated carbocycles. The molecule has 1 aliphatic rings. The number of piperidine rings is 1. The molecule has 2 aromatic heterocycles. The first-order valence-electron chi connectivity index (χ1n) is 9.48. The Balaban J connectivity index is 1.70. The normalized spacial score (nSPS) is 17.2. The van der Waals surface area contributed by atoms with E-state index in [9.17, 15) is 14.4 Å². The first kappa shape index (κ1) is 18.7. The van der Waals surface area contributed by atoms with Crippen LogP contribution >= 0.6 is 11.3 Å². The lowest BCUT2D eigenvalue weighted by molar-refractivity contribution is -0.149. The Morgan fingerprint density at radius 3 is 2.82 bits per heavy atom. The van der Waals surface area contributed by atoms with Crippen LogP contribution in [0.4, 0.5) is 0 Å². The maximum atomic E-state index is 13.1. The van der Waals surface area contributed by atoms with Crippen LogP contribution < -0.4 is 5.56 Å². The van der Waals surface area contributed by atoms with Gasteiger partial charge in [0.15, 0.2) is 0 Å². The van der Waals surface area contributed by atoms with Crippen molar-refractivity contribution in [3.05, 3.63) is 45.6 Å². The molecule has 0 N–H and O–H groups in total. The average molecular weight is 398 g/mol. The largest absolute Gasteiger partial charge is 0.466 e. The second-order valence-electron chi connectivity index (χ2n) is 7.08. The third kappa shape index (κ3) is 3.09. The number of ether oxygens (including phenoxy) is 1. The lowest BCUT2D eigenvalue weighted by atomic mass is 9.98. The molecule has 0 aliphatic carbocycles. The first-order valence-corrected chi connectivity index (χ1v) is 10.3. The summed E-state index contributed by atoms with van der Waals surface area (Å²) in [5.74, 6) is -0.640. The quantitative estimate of drug-likeness (QED) is 0.636. The third-order valence-corrected chi connectivity index (χ3v) is 6.47. The number of para-hydroxylation sites is 1. The molecule has 1 aliphatic heterocycles. The summed E-state index contributed by atoms with van der Waals surface area (Å²) in [5.41, 5.74) is 0.744. The van der Waals surface area contributed by atoms with E-state index in [2.05, 4.69) is 0 Å². The van der Waals surface area contributed by atoms with Gasteiger partial charge in [0.25, 0.3) is 11.5 Å². The molecule has 3 aromatic rings. The van der Waals surface area contributed by atoms with Crippen molar-refractivity contribution in [3.63, 3.8) is 0 Å². The van der Waals surface area contributed by atoms with Crippen molar-refractivity contribution in [2.24, 2.45) is 13.0 Å². The molecule has 0 bridgehead atoms. The molecule has 1 fully saturated rings. The fraction of sp³-hybridized carbons (Fsp3) is 0.381. The summed E-state index contributed by atoms with van der Waals surface area (Å²) < 4.78 is 7.58. The highest BCUT2D eigenvalue weighted by Crippen LogP contribution is 2.31. The van der Waals surface area contributed by atoms with Crippen LogP contribution in [-0.4, -0.2) is 41.0 Å². The van der Waals surface area contributed by atoms with Crippen molar-refractivity contribution in [2.75, 3.05) is 19.7 Å². The minimum Gasteiger partial charge on any atom is -0.466 e. The molecule has 0 spiro atoms. The van der Waals surface area contributed by atoms with Crippen molar-refractivity contribution in [1.29, 1.82) is 0 Å². The van der Waals surface area contributed by atoms with E-state index < -0.39 is 0 Å². The third-order valence-electron chi connectivity index (χ3n) is 5.32. The Hall–Kier alpha value is -2.67. The molecular formula is C21H22N2O4S. The maximum Gasteiger partial charge on any atom is 0.310 e. The van der Waals surface area contributed by atoms with Crippen molar-refractivity contribution in [2.45, 2.75) is 19.8 Å². The van der Waals surface area contributed by atoms with Crippen LogP contribution in [0.3, 0.4) is 0 Å². The highest BCUT2D eigenvalue weighted by Gasteiger charge is 2.30. The van der Waals surface area contributed by atoms with Gasteiger partial charge in [-0.05, 0) is 31.9 Å². The van der Waals surface area contributed by atoms with E-state index in [0.29, 0.717) is 30.0 Å². The molecule has 7 heteroatoms. The fourth-order valence-electron chi connectivity index (χ4n) is 3.87. The highest BCUT2D eigenvalue weighted by atomic mass is 32.1. The number of aromatic nitrogens is 1. The highest BCUT2D eigenvalue weighted by molar-refractivity contribution is 7.21. The monoisotopic (exact) mass is 398 g/mol. The molecule has 3 heterocycles. The van der Waals surface area contributed by atoms with Gasteiger partial charge in [0.1, 0.15) is 0 Å². The van der Waals surface area contributed by atoms with E-state index >= 15 is 0 Å². The Morgan fingerprint density at radius 1 is 1.25 bits per heavy atom. The molecule has 0 unspecified atom stereocenters. The number of rotatable bonds is 3. The molecule has 1 aromatic carbocycles. The molecule has 1 saturated heterocycles. The maximum absolute atomic E-state index is 13.1. The fourth-order valence-corrected chi connectivity index (χ4v) is 5.03. The summed E-state index contributed by atoms with van der Waals surface area (Å²) in [6.45, 7) is 3.11. The average Bonchev–Trinajstić information content (AvgIpc) is 3.17. The van der Waals surface area contributed by atoms with Crippen molar-refractivity contribution >= 4 is 44.2 Å². The number of aryl methyl sites for hydroxylation is 1. The van der Waals surface area contributed by atoms with Gasteiger partial charge in [0, 0.05) is 30.2 Å². The smallest absolute Gasteiger partial charge is 0.310 e. The predicted molar refractivity (Wildman–Crippen MR) is 110 cm³/mol. The van der Waals surface area contributed by atoms with E-state index in [0.717, 1.165) is 28.4 Å². The van der Waals surface area contributed by atoms with E-state index in [-0.39, 0.29) is 23.4 Å². The topological polar surface area (TPSA) is 68.6 Å². The summed E-state index contributed by atoms with van der Waals surface area (Å²) in [7, 11) is 1.75. The van der Waals surface area contributed by atoms with Crippen LogP contribution in [0.2, 0.25) is 0 Å². The van der Waals surface area contributed by atoms with Gasteiger partial charge in [-0.2, -0.15) is 0 Å². The second kappa shape index (κ2) is 7.39. The first-order chi connectivity index (χ1) is 13.5. The SMILES string of the molecule is CCOC(=O)[C@H]1CCCN(C(=O)c2cc3c(=O)n(C)c4ccccc4c3s2)C1. The number of hydrogen-bond donors (Lipinski definition) is 0. The molecule has 0 radical (unpaired) electrons. The van der Waals surface area contributed by atoms with E-state index in [1.165, 1.54) is 11.3 Å². The van der Waals surface area contributed by atoms with Gasteiger partial charge in [0.05, 0.1) is 28.3 Å². The number of nitrogens with zero attached hydrogens (tertiary/aromatic N) is 2. The van der Waals surface area contributed by atoms with Crippen LogP contribution in [0.15, 0.2) is 35.1 Å². The molecular weight excluding hydrogens is 376 g/mol. The lowest BCUT2D eigenvalue weighted by Gasteiger charge is -2.31. The minimum absolute atomic E-state index is 0.105. The Bertz CT molecular complexity index is 1130. The number of esters is 1. The van der Waals surface area contributed by atoms with Gasteiger partial charge < -0.3 is 14.2 Å². The Morgan fingerprint density at radius 2 is 2.04 bits per heavy atom. The standard InChI is InChI=1S/C21H22N2O4S/c1-3-27-21(26)13-7-6-10-23(12-13)20(25)17-11-15-18(28-17)14-8-4-5-9-16(14)22(2)19(15)24/h4-5,8-9,11,13H,3,6-7,10,12H2,1-2H3/t13-/m0/s1. The van der Waals surface area contributed by atoms with Crippen molar-refractivity contribution < 1.29 is 14.3 Å². The summed E-state index contributed by atoms with van der Waals surface area (Å²) in [5, 5.41) is 1.53. The predicted octanol–water partition coefficient (Wildman–Crippen LogP) is 3.17. The zero-order valence-corrected chi connectivity index (χ0v) is 16.8. The minimum atomic E-state index is -0.277. The van der Waals surface area contributed by atoms with E-state index in [1.807, 2.05) is 24.3 Å². The van der Waals surface area contributed by atoms with Crippen LogP contribution in [0.1, 0.15) is 29.4 Å². The lowest BCUT2D eigenvalue weighted by Crippen LogP contribution is -2.42. The number of carbonyl (C=O) groups is 2. The molecule has 1 amide bonds. The zero-order chi connectivity index (χ0) is 19.8. The summed E-state index contributed by atoms with van der Waals surface area (Å²) in [6.07, 6.45) is 1.50. The van der Waals surface area contributed by atoms with E-state index in [4.69, 9.17) is 4.74 Å². The van der Waals surface area contributed by atoms with Crippen molar-refractivity contribution in [3.8, 4) is 0 Å². The number of benzene rings is 1. The second-order valence-corrected chi connectivity index (χ2v) is 8.13. The Kier molecular flexibility index (Phi) is 4.93. The number of hydrogen-bond acceptors (Lipinski definition) is 5. The molecule has 28 heavy (non-hydrogen) atoms. The number of amides is 1. The number of fused-ring (bicyclic) bond motifs is 3. The van der Waals surface area contributed by atoms with Gasteiger partial charge in [0.2, 0.25) is 0 Å². The van der Waals surface area contributed by atoms with Crippen LogP contribution in [-0.2, 0) is 16.6 Å². The molecule has 4 rings (SSSR count). The molecule has 6 nitrogen and oxygen atoms in total. The number of thiophene rings is 1. The van der Waals surface area contributed by atoms with E-state index in [1.54, 1.807) is 29.5 Å². The number of carbonyl (C=O) groups excluding carboxylic acids is 2. The van der Waals surface area contributed by atoms with Gasteiger partial charge >= 0.3 is 5.97 Å². The number of pyridine rings is 1. The summed E-state index contributed by atoms with van der Waals surface area (Å²) >= 11 is 1.35.